The van der Waals surface area contributed by atoms with Crippen LogP contribution in [0.15, 0.2) is 18.2 Å². The molecule has 1 unspecified atom stereocenters. The zero-order chi connectivity index (χ0) is 13.8. The van der Waals surface area contributed by atoms with Crippen molar-refractivity contribution in [2.24, 2.45) is 5.92 Å². The minimum Gasteiger partial charge on any atom is -0.314 e. The average molecular weight is 301 g/mol. The van der Waals surface area contributed by atoms with Gasteiger partial charge in [-0.2, -0.15) is 0 Å². The van der Waals surface area contributed by atoms with E-state index in [-0.39, 0.29) is 0 Å². The molecule has 1 N–H and O–H groups in total. The molecule has 1 aliphatic rings. The van der Waals surface area contributed by atoms with Gasteiger partial charge in [0.25, 0.3) is 0 Å². The van der Waals surface area contributed by atoms with Gasteiger partial charge < -0.3 is 5.32 Å². The van der Waals surface area contributed by atoms with Crippen molar-refractivity contribution in [1.82, 2.24) is 10.2 Å². The van der Waals surface area contributed by atoms with Gasteiger partial charge in [0.15, 0.2) is 0 Å². The second-order valence-electron chi connectivity index (χ2n) is 5.67. The molecule has 4 heteroatoms. The van der Waals surface area contributed by atoms with E-state index >= 15 is 0 Å². The monoisotopic (exact) mass is 300 g/mol. The van der Waals surface area contributed by atoms with Crippen molar-refractivity contribution >= 4 is 23.2 Å². The molecule has 1 atom stereocenters. The van der Waals surface area contributed by atoms with E-state index in [1.807, 2.05) is 12.1 Å². The molecule has 1 aliphatic heterocycles. The minimum atomic E-state index is 0.587. The van der Waals surface area contributed by atoms with Gasteiger partial charge in [-0.3, -0.25) is 4.90 Å². The Balaban J connectivity index is 2.08. The Bertz CT molecular complexity index is 421. The summed E-state index contributed by atoms with van der Waals surface area (Å²) in [6.07, 6.45) is 1.21. The van der Waals surface area contributed by atoms with Crippen molar-refractivity contribution in [1.29, 1.82) is 0 Å². The Kier molecular flexibility index (Phi) is 5.52. The molecule has 0 saturated carbocycles. The number of rotatable bonds is 4. The summed E-state index contributed by atoms with van der Waals surface area (Å²) in [6, 6.07) is 6.48. The number of nitrogens with zero attached hydrogens (tertiary/aromatic N) is 1. The third-order valence-corrected chi connectivity index (χ3v) is 4.48. The molecule has 1 heterocycles. The molecule has 2 rings (SSSR count). The van der Waals surface area contributed by atoms with Crippen LogP contribution in [0.5, 0.6) is 0 Å². The van der Waals surface area contributed by atoms with E-state index in [9.17, 15) is 0 Å². The smallest absolute Gasteiger partial charge is 0.0637 e. The molecule has 19 heavy (non-hydrogen) atoms. The minimum absolute atomic E-state index is 0.587. The lowest BCUT2D eigenvalue weighted by Gasteiger charge is -2.37. The van der Waals surface area contributed by atoms with Crippen molar-refractivity contribution in [3.8, 4) is 0 Å². The van der Waals surface area contributed by atoms with Crippen LogP contribution in [0, 0.1) is 5.92 Å². The van der Waals surface area contributed by atoms with Gasteiger partial charge in [0.2, 0.25) is 0 Å². The number of nitrogens with one attached hydrogen (secondary N) is 1. The van der Waals surface area contributed by atoms with E-state index in [2.05, 4.69) is 30.1 Å². The van der Waals surface area contributed by atoms with Crippen LogP contribution in [-0.4, -0.2) is 30.6 Å². The Morgan fingerprint density at radius 2 is 2.16 bits per heavy atom. The summed E-state index contributed by atoms with van der Waals surface area (Å²) in [7, 11) is 0. The van der Waals surface area contributed by atoms with E-state index in [0.29, 0.717) is 22.0 Å². The molecule has 106 valence electrons. The second kappa shape index (κ2) is 6.94. The number of hydrogen-bond donors (Lipinski definition) is 1. The van der Waals surface area contributed by atoms with Crippen LogP contribution in [0.4, 0.5) is 0 Å². The fourth-order valence-corrected chi connectivity index (χ4v) is 3.06. The highest BCUT2D eigenvalue weighted by atomic mass is 35.5. The molecule has 1 aromatic rings. The molecule has 2 nitrogen and oxygen atoms in total. The first kappa shape index (κ1) is 15.1. The van der Waals surface area contributed by atoms with Gasteiger partial charge in [0, 0.05) is 32.2 Å². The molecule has 1 saturated heterocycles. The Morgan fingerprint density at radius 3 is 2.89 bits per heavy atom. The summed E-state index contributed by atoms with van der Waals surface area (Å²) in [5.74, 6) is 0.710. The first-order valence-electron chi connectivity index (χ1n) is 6.95. The van der Waals surface area contributed by atoms with Gasteiger partial charge in [-0.05, 0) is 24.0 Å². The lowest BCUT2D eigenvalue weighted by Crippen LogP contribution is -2.51. The second-order valence-corrected chi connectivity index (χ2v) is 6.46. The van der Waals surface area contributed by atoms with Crippen LogP contribution in [0.25, 0.3) is 0 Å². The fraction of sp³-hybridized carbons (Fsp3) is 0.600. The summed E-state index contributed by atoms with van der Waals surface area (Å²) < 4.78 is 0. The molecule has 1 aromatic carbocycles. The fourth-order valence-electron chi connectivity index (χ4n) is 2.68. The van der Waals surface area contributed by atoms with Gasteiger partial charge in [0.1, 0.15) is 0 Å². The summed E-state index contributed by atoms with van der Waals surface area (Å²) in [6.45, 7) is 8.63. The SMILES string of the molecule is CC(C)CC1CNCCN1Cc1cccc(Cl)c1Cl. The molecular weight excluding hydrogens is 279 g/mol. The summed E-state index contributed by atoms with van der Waals surface area (Å²) in [5, 5.41) is 4.83. The molecule has 0 aliphatic carbocycles. The van der Waals surface area contributed by atoms with Crippen LogP contribution in [0.1, 0.15) is 25.8 Å². The highest BCUT2D eigenvalue weighted by Crippen LogP contribution is 2.27. The zero-order valence-corrected chi connectivity index (χ0v) is 13.1. The predicted octanol–water partition coefficient (Wildman–Crippen LogP) is 3.81. The molecule has 0 amide bonds. The molecule has 0 radical (unpaired) electrons. The topological polar surface area (TPSA) is 15.3 Å². The maximum Gasteiger partial charge on any atom is 0.0637 e. The van der Waals surface area contributed by atoms with E-state index in [1.54, 1.807) is 0 Å². The Morgan fingerprint density at radius 1 is 1.37 bits per heavy atom. The summed E-state index contributed by atoms with van der Waals surface area (Å²) in [4.78, 5) is 2.52. The third kappa shape index (κ3) is 4.09. The van der Waals surface area contributed by atoms with Gasteiger partial charge in [-0.25, -0.2) is 0 Å². The van der Waals surface area contributed by atoms with Crippen molar-refractivity contribution in [2.75, 3.05) is 19.6 Å². The third-order valence-electron chi connectivity index (χ3n) is 3.62. The van der Waals surface area contributed by atoms with Gasteiger partial charge in [-0.1, -0.05) is 49.2 Å². The highest BCUT2D eigenvalue weighted by Gasteiger charge is 2.23. The number of piperazine rings is 1. The first-order valence-corrected chi connectivity index (χ1v) is 7.71. The number of hydrogen-bond acceptors (Lipinski definition) is 2. The maximum absolute atomic E-state index is 6.29. The normalized spacial score (nSPS) is 21.0. The standard InChI is InChI=1S/C15H22Cl2N2/c1-11(2)8-13-9-18-6-7-19(13)10-12-4-3-5-14(16)15(12)17/h3-5,11,13,18H,6-10H2,1-2H3. The van der Waals surface area contributed by atoms with Crippen molar-refractivity contribution in [2.45, 2.75) is 32.9 Å². The van der Waals surface area contributed by atoms with Gasteiger partial charge >= 0.3 is 0 Å². The van der Waals surface area contributed by atoms with Crippen LogP contribution in [0.2, 0.25) is 10.0 Å². The van der Waals surface area contributed by atoms with Crippen LogP contribution < -0.4 is 5.32 Å². The van der Waals surface area contributed by atoms with Crippen LogP contribution >= 0.6 is 23.2 Å². The Labute approximate surface area is 126 Å². The van der Waals surface area contributed by atoms with E-state index in [4.69, 9.17) is 23.2 Å². The van der Waals surface area contributed by atoms with Crippen molar-refractivity contribution in [3.63, 3.8) is 0 Å². The quantitative estimate of drug-likeness (QED) is 0.909. The van der Waals surface area contributed by atoms with E-state index in [0.717, 1.165) is 31.7 Å². The van der Waals surface area contributed by atoms with Crippen LogP contribution in [-0.2, 0) is 6.54 Å². The molecule has 0 bridgehead atoms. The highest BCUT2D eigenvalue weighted by molar-refractivity contribution is 6.42. The maximum atomic E-state index is 6.29. The van der Waals surface area contributed by atoms with Crippen molar-refractivity contribution < 1.29 is 0 Å². The molecule has 0 spiro atoms. The number of halogens is 2. The zero-order valence-electron chi connectivity index (χ0n) is 11.6. The van der Waals surface area contributed by atoms with Crippen LogP contribution in [0.3, 0.4) is 0 Å². The van der Waals surface area contributed by atoms with E-state index < -0.39 is 0 Å². The average Bonchev–Trinajstić information content (AvgIpc) is 2.36. The lowest BCUT2D eigenvalue weighted by molar-refractivity contribution is 0.134. The molecule has 0 aromatic heterocycles. The van der Waals surface area contributed by atoms with Gasteiger partial charge in [-0.15, -0.1) is 0 Å². The lowest BCUT2D eigenvalue weighted by atomic mass is 10.00. The van der Waals surface area contributed by atoms with E-state index in [1.165, 1.54) is 6.42 Å². The molecular formula is C15H22Cl2N2. The number of benzene rings is 1. The Hall–Kier alpha value is -0.280. The van der Waals surface area contributed by atoms with Gasteiger partial charge in [0.05, 0.1) is 10.0 Å². The molecule has 1 fully saturated rings. The first-order chi connectivity index (χ1) is 9.08. The summed E-state index contributed by atoms with van der Waals surface area (Å²) >= 11 is 12.4. The summed E-state index contributed by atoms with van der Waals surface area (Å²) in [5.41, 5.74) is 1.13. The van der Waals surface area contributed by atoms with Crippen molar-refractivity contribution in [3.05, 3.63) is 33.8 Å². The predicted molar refractivity (Wildman–Crippen MR) is 83.0 cm³/mol. The largest absolute Gasteiger partial charge is 0.314 e.